The molecule has 0 heterocycles. The zero-order valence-electron chi connectivity index (χ0n) is 10.8. The number of aromatic hydroxyl groups is 1. The van der Waals surface area contributed by atoms with E-state index in [9.17, 15) is 10.2 Å². The molecule has 0 bridgehead atoms. The fraction of sp³-hybridized carbons (Fsp3) is 0.250. The Labute approximate surface area is 113 Å². The molecule has 3 N–H and O–H groups in total. The van der Waals surface area contributed by atoms with Gasteiger partial charge < -0.3 is 15.5 Å². The monoisotopic (exact) mass is 257 g/mol. The van der Waals surface area contributed by atoms with Crippen LogP contribution in [0, 0.1) is 0 Å². The first-order valence-corrected chi connectivity index (χ1v) is 6.44. The molecule has 0 aliphatic heterocycles. The molecular weight excluding hydrogens is 238 g/mol. The molecule has 19 heavy (non-hydrogen) atoms. The minimum Gasteiger partial charge on any atom is -0.508 e. The van der Waals surface area contributed by atoms with Gasteiger partial charge in [0.15, 0.2) is 0 Å². The van der Waals surface area contributed by atoms with Crippen LogP contribution < -0.4 is 5.32 Å². The smallest absolute Gasteiger partial charge is 0.115 e. The standard InChI is InChI=1S/C16H19NO2/c18-12-15(10-13-4-2-1-3-5-13)17-11-14-6-8-16(19)9-7-14/h1-9,15,17-19H,10-12H2. The highest BCUT2D eigenvalue weighted by Gasteiger charge is 2.07. The van der Waals surface area contributed by atoms with Crippen molar-refractivity contribution in [2.45, 2.75) is 19.0 Å². The Kier molecular flexibility index (Phi) is 4.95. The first-order chi connectivity index (χ1) is 9.28. The molecule has 0 amide bonds. The molecule has 0 saturated carbocycles. The van der Waals surface area contributed by atoms with E-state index in [-0.39, 0.29) is 18.4 Å². The Morgan fingerprint density at radius 3 is 2.21 bits per heavy atom. The summed E-state index contributed by atoms with van der Waals surface area (Å²) >= 11 is 0. The fourth-order valence-electron chi connectivity index (χ4n) is 1.98. The van der Waals surface area contributed by atoms with E-state index in [0.29, 0.717) is 6.54 Å². The van der Waals surface area contributed by atoms with Crippen molar-refractivity contribution in [3.63, 3.8) is 0 Å². The Bertz CT molecular complexity index is 482. The average molecular weight is 257 g/mol. The summed E-state index contributed by atoms with van der Waals surface area (Å²) in [6.07, 6.45) is 0.801. The second-order valence-corrected chi connectivity index (χ2v) is 4.62. The molecule has 1 atom stereocenters. The number of phenolic OH excluding ortho intramolecular Hbond substituents is 1. The van der Waals surface area contributed by atoms with Gasteiger partial charge in [0.05, 0.1) is 6.61 Å². The summed E-state index contributed by atoms with van der Waals surface area (Å²) in [5, 5.41) is 21.9. The van der Waals surface area contributed by atoms with Gasteiger partial charge in [-0.3, -0.25) is 0 Å². The molecule has 0 aromatic heterocycles. The molecule has 0 radical (unpaired) electrons. The Balaban J connectivity index is 1.87. The SMILES string of the molecule is OCC(Cc1ccccc1)NCc1ccc(O)cc1. The van der Waals surface area contributed by atoms with Gasteiger partial charge in [0.2, 0.25) is 0 Å². The summed E-state index contributed by atoms with van der Waals surface area (Å²) in [4.78, 5) is 0. The lowest BCUT2D eigenvalue weighted by atomic mass is 10.1. The van der Waals surface area contributed by atoms with E-state index < -0.39 is 0 Å². The van der Waals surface area contributed by atoms with E-state index in [1.165, 1.54) is 5.56 Å². The summed E-state index contributed by atoms with van der Waals surface area (Å²) in [6.45, 7) is 0.783. The minimum absolute atomic E-state index is 0.0382. The Hall–Kier alpha value is -1.84. The quantitative estimate of drug-likeness (QED) is 0.742. The van der Waals surface area contributed by atoms with Crippen molar-refractivity contribution in [1.82, 2.24) is 5.32 Å². The molecule has 0 saturated heterocycles. The van der Waals surface area contributed by atoms with Gasteiger partial charge in [-0.2, -0.15) is 0 Å². The number of aliphatic hydroxyl groups is 1. The van der Waals surface area contributed by atoms with Crippen molar-refractivity contribution in [1.29, 1.82) is 0 Å². The Morgan fingerprint density at radius 2 is 1.58 bits per heavy atom. The maximum atomic E-state index is 9.41. The topological polar surface area (TPSA) is 52.5 Å². The third-order valence-corrected chi connectivity index (χ3v) is 3.08. The number of aliphatic hydroxyl groups excluding tert-OH is 1. The molecule has 1 unspecified atom stereocenters. The molecular formula is C16H19NO2. The third-order valence-electron chi connectivity index (χ3n) is 3.08. The molecule has 0 aliphatic rings. The highest BCUT2D eigenvalue weighted by Crippen LogP contribution is 2.10. The Morgan fingerprint density at radius 1 is 0.895 bits per heavy atom. The van der Waals surface area contributed by atoms with Gasteiger partial charge in [0.25, 0.3) is 0 Å². The van der Waals surface area contributed by atoms with Gasteiger partial charge in [-0.1, -0.05) is 42.5 Å². The number of phenols is 1. The molecule has 100 valence electrons. The molecule has 2 rings (SSSR count). The first kappa shape index (κ1) is 13.6. The van der Waals surface area contributed by atoms with Crippen LogP contribution in [0.1, 0.15) is 11.1 Å². The molecule has 3 heteroatoms. The van der Waals surface area contributed by atoms with Gasteiger partial charge in [-0.15, -0.1) is 0 Å². The number of rotatable bonds is 6. The lowest BCUT2D eigenvalue weighted by molar-refractivity contribution is 0.241. The van der Waals surface area contributed by atoms with Crippen molar-refractivity contribution in [2.75, 3.05) is 6.61 Å². The van der Waals surface area contributed by atoms with E-state index in [1.54, 1.807) is 12.1 Å². The van der Waals surface area contributed by atoms with Crippen LogP contribution >= 0.6 is 0 Å². The summed E-state index contributed by atoms with van der Waals surface area (Å²) in [7, 11) is 0. The zero-order valence-corrected chi connectivity index (χ0v) is 10.8. The average Bonchev–Trinajstić information content (AvgIpc) is 2.46. The predicted molar refractivity (Wildman–Crippen MR) is 76.0 cm³/mol. The third kappa shape index (κ3) is 4.39. The fourth-order valence-corrected chi connectivity index (χ4v) is 1.98. The zero-order chi connectivity index (χ0) is 13.5. The van der Waals surface area contributed by atoms with Crippen molar-refractivity contribution >= 4 is 0 Å². The van der Waals surface area contributed by atoms with Crippen molar-refractivity contribution in [2.24, 2.45) is 0 Å². The number of benzene rings is 2. The van der Waals surface area contributed by atoms with Crippen molar-refractivity contribution in [3.8, 4) is 5.75 Å². The molecule has 0 fully saturated rings. The highest BCUT2D eigenvalue weighted by atomic mass is 16.3. The van der Waals surface area contributed by atoms with Crippen LogP contribution in [0.2, 0.25) is 0 Å². The van der Waals surface area contributed by atoms with Crippen molar-refractivity contribution in [3.05, 3.63) is 65.7 Å². The predicted octanol–water partition coefficient (Wildman–Crippen LogP) is 2.09. The van der Waals surface area contributed by atoms with Crippen LogP contribution in [0.15, 0.2) is 54.6 Å². The lowest BCUT2D eigenvalue weighted by Gasteiger charge is -2.16. The summed E-state index contributed by atoms with van der Waals surface area (Å²) in [5.41, 5.74) is 2.30. The second-order valence-electron chi connectivity index (χ2n) is 4.62. The number of hydrogen-bond donors (Lipinski definition) is 3. The summed E-state index contributed by atoms with van der Waals surface area (Å²) in [5.74, 6) is 0.270. The van der Waals surface area contributed by atoms with E-state index in [4.69, 9.17) is 0 Å². The molecule has 2 aromatic carbocycles. The molecule has 0 aliphatic carbocycles. The highest BCUT2D eigenvalue weighted by molar-refractivity contribution is 5.25. The van der Waals surface area contributed by atoms with E-state index in [1.807, 2.05) is 30.3 Å². The largest absolute Gasteiger partial charge is 0.508 e. The van der Waals surface area contributed by atoms with Gasteiger partial charge in [-0.25, -0.2) is 0 Å². The minimum atomic E-state index is 0.0382. The van der Waals surface area contributed by atoms with E-state index in [0.717, 1.165) is 12.0 Å². The van der Waals surface area contributed by atoms with Gasteiger partial charge >= 0.3 is 0 Å². The van der Waals surface area contributed by atoms with Gasteiger partial charge in [0.1, 0.15) is 5.75 Å². The number of nitrogens with one attached hydrogen (secondary N) is 1. The molecule has 3 nitrogen and oxygen atoms in total. The maximum absolute atomic E-state index is 9.41. The normalized spacial score (nSPS) is 12.3. The van der Waals surface area contributed by atoms with Crippen LogP contribution in [0.5, 0.6) is 5.75 Å². The maximum Gasteiger partial charge on any atom is 0.115 e. The lowest BCUT2D eigenvalue weighted by Crippen LogP contribution is -2.33. The summed E-state index contributed by atoms with van der Waals surface area (Å²) in [6, 6.07) is 17.2. The second kappa shape index (κ2) is 6.92. The first-order valence-electron chi connectivity index (χ1n) is 6.44. The molecule has 2 aromatic rings. The number of hydrogen-bond acceptors (Lipinski definition) is 3. The van der Waals surface area contributed by atoms with E-state index in [2.05, 4.69) is 17.4 Å². The van der Waals surface area contributed by atoms with Crippen LogP contribution in [-0.2, 0) is 13.0 Å². The van der Waals surface area contributed by atoms with Gasteiger partial charge in [-0.05, 0) is 29.7 Å². The van der Waals surface area contributed by atoms with Crippen molar-refractivity contribution < 1.29 is 10.2 Å². The van der Waals surface area contributed by atoms with Crippen LogP contribution in [0.25, 0.3) is 0 Å². The van der Waals surface area contributed by atoms with Crippen LogP contribution in [0.3, 0.4) is 0 Å². The summed E-state index contributed by atoms with van der Waals surface area (Å²) < 4.78 is 0. The molecule has 0 spiro atoms. The van der Waals surface area contributed by atoms with Crippen LogP contribution in [0.4, 0.5) is 0 Å². The van der Waals surface area contributed by atoms with Gasteiger partial charge in [0, 0.05) is 12.6 Å². The van der Waals surface area contributed by atoms with E-state index >= 15 is 0 Å². The van der Waals surface area contributed by atoms with Crippen LogP contribution in [-0.4, -0.2) is 22.9 Å².